The van der Waals surface area contributed by atoms with E-state index in [2.05, 4.69) is 5.32 Å². The van der Waals surface area contributed by atoms with E-state index in [1.807, 2.05) is 6.07 Å². The minimum absolute atomic E-state index is 0.345. The van der Waals surface area contributed by atoms with Crippen LogP contribution in [0.2, 0.25) is 0 Å². The smallest absolute Gasteiger partial charge is 0.252 e. The van der Waals surface area contributed by atoms with Crippen LogP contribution < -0.4 is 5.32 Å². The fourth-order valence-corrected chi connectivity index (χ4v) is 1.59. The molecule has 0 unspecified atom stereocenters. The first kappa shape index (κ1) is 15.0. The second-order valence-electron chi connectivity index (χ2n) is 4.11. The van der Waals surface area contributed by atoms with E-state index in [-0.39, 0.29) is 5.56 Å². The normalized spacial score (nSPS) is 10.9. The van der Waals surface area contributed by atoms with Crippen molar-refractivity contribution in [2.24, 2.45) is 0 Å². The van der Waals surface area contributed by atoms with Crippen LogP contribution in [0, 0.1) is 28.8 Å². The third-order valence-corrected chi connectivity index (χ3v) is 3.02. The summed E-state index contributed by atoms with van der Waals surface area (Å²) in [4.78, 5) is 11.8. The van der Waals surface area contributed by atoms with Crippen LogP contribution in [0.5, 0.6) is 0 Å². The van der Waals surface area contributed by atoms with Gasteiger partial charge in [-0.2, -0.15) is 5.26 Å². The van der Waals surface area contributed by atoms with Gasteiger partial charge in [0.25, 0.3) is 5.91 Å². The quantitative estimate of drug-likeness (QED) is 0.855. The summed E-state index contributed by atoms with van der Waals surface area (Å²) in [6.45, 7) is 3.41. The van der Waals surface area contributed by atoms with Gasteiger partial charge in [0.1, 0.15) is 5.54 Å². The molecule has 1 aromatic rings. The maximum atomic E-state index is 13.0. The zero-order chi connectivity index (χ0) is 14.6. The number of hydrogen-bond acceptors (Lipinski definition) is 2. The Morgan fingerprint density at radius 3 is 2.11 bits per heavy atom. The lowest BCUT2D eigenvalue weighted by Crippen LogP contribution is -2.46. The molecular weight excluding hydrogens is 257 g/mol. The summed E-state index contributed by atoms with van der Waals surface area (Å²) < 4.78 is 38.8. The molecule has 0 spiro atoms. The zero-order valence-electron chi connectivity index (χ0n) is 10.6. The van der Waals surface area contributed by atoms with Gasteiger partial charge >= 0.3 is 0 Å². The van der Waals surface area contributed by atoms with E-state index in [9.17, 15) is 18.0 Å². The fraction of sp³-hybridized carbons (Fsp3) is 0.385. The Morgan fingerprint density at radius 2 is 1.74 bits per heavy atom. The molecule has 0 fully saturated rings. The van der Waals surface area contributed by atoms with Gasteiger partial charge in [0, 0.05) is 5.56 Å². The number of nitrogens with zero attached hydrogens (tertiary/aromatic N) is 1. The summed E-state index contributed by atoms with van der Waals surface area (Å²) in [5.74, 6) is -5.33. The molecule has 0 aliphatic rings. The van der Waals surface area contributed by atoms with E-state index >= 15 is 0 Å². The Balaban J connectivity index is 3.06. The highest BCUT2D eigenvalue weighted by atomic mass is 19.2. The van der Waals surface area contributed by atoms with E-state index in [4.69, 9.17) is 5.26 Å². The topological polar surface area (TPSA) is 52.9 Å². The van der Waals surface area contributed by atoms with Gasteiger partial charge in [-0.15, -0.1) is 0 Å². The standard InChI is InChI=1S/C13H13F3N2O/c1-3-13(4-2,7-17)18-12(19)8-5-9(14)11(16)10(15)6-8/h5-6H,3-4H2,1-2H3,(H,18,19). The molecule has 6 heteroatoms. The first-order valence-corrected chi connectivity index (χ1v) is 5.77. The molecule has 1 N–H and O–H groups in total. The molecule has 0 atom stereocenters. The largest absolute Gasteiger partial charge is 0.334 e. The van der Waals surface area contributed by atoms with E-state index < -0.39 is 28.9 Å². The first-order valence-electron chi connectivity index (χ1n) is 5.77. The van der Waals surface area contributed by atoms with Crippen LogP contribution in [0.4, 0.5) is 13.2 Å². The lowest BCUT2D eigenvalue weighted by atomic mass is 9.94. The van der Waals surface area contributed by atoms with Crippen molar-refractivity contribution in [3.05, 3.63) is 35.1 Å². The number of nitriles is 1. The molecule has 1 aromatic carbocycles. The predicted octanol–water partition coefficient (Wildman–Crippen LogP) is 2.92. The Hall–Kier alpha value is -2.03. The molecule has 102 valence electrons. The summed E-state index contributed by atoms with van der Waals surface area (Å²) in [6.07, 6.45) is 0.690. The summed E-state index contributed by atoms with van der Waals surface area (Å²) in [5.41, 5.74) is -1.46. The number of carbonyl (C=O) groups excluding carboxylic acids is 1. The highest BCUT2D eigenvalue weighted by Crippen LogP contribution is 2.17. The fourth-order valence-electron chi connectivity index (χ4n) is 1.59. The van der Waals surface area contributed by atoms with E-state index in [1.165, 1.54) is 0 Å². The van der Waals surface area contributed by atoms with Crippen molar-refractivity contribution in [2.75, 3.05) is 0 Å². The van der Waals surface area contributed by atoms with Crippen LogP contribution in [-0.2, 0) is 0 Å². The Kier molecular flexibility index (Phi) is 4.54. The number of halogens is 3. The van der Waals surface area contributed by atoms with Crippen LogP contribution in [0.25, 0.3) is 0 Å². The van der Waals surface area contributed by atoms with Crippen molar-refractivity contribution in [1.82, 2.24) is 5.32 Å². The van der Waals surface area contributed by atoms with Gasteiger partial charge in [0.2, 0.25) is 0 Å². The van der Waals surface area contributed by atoms with E-state index in [0.29, 0.717) is 25.0 Å². The second kappa shape index (κ2) is 5.74. The summed E-state index contributed by atoms with van der Waals surface area (Å²) in [5, 5.41) is 11.5. The maximum absolute atomic E-state index is 13.0. The predicted molar refractivity (Wildman–Crippen MR) is 62.7 cm³/mol. The monoisotopic (exact) mass is 270 g/mol. The molecule has 0 saturated carbocycles. The molecule has 3 nitrogen and oxygen atoms in total. The van der Waals surface area contributed by atoms with Crippen molar-refractivity contribution in [3.63, 3.8) is 0 Å². The number of nitrogens with one attached hydrogen (secondary N) is 1. The number of rotatable bonds is 4. The van der Waals surface area contributed by atoms with Gasteiger partial charge in [-0.05, 0) is 25.0 Å². The SMILES string of the molecule is CCC(C#N)(CC)NC(=O)c1cc(F)c(F)c(F)c1. The summed E-state index contributed by atoms with van der Waals surface area (Å²) in [7, 11) is 0. The van der Waals surface area contributed by atoms with Gasteiger partial charge in [-0.3, -0.25) is 4.79 Å². The average molecular weight is 270 g/mol. The minimum atomic E-state index is -1.63. The molecule has 19 heavy (non-hydrogen) atoms. The second-order valence-corrected chi connectivity index (χ2v) is 4.11. The van der Waals surface area contributed by atoms with Gasteiger partial charge < -0.3 is 5.32 Å². The van der Waals surface area contributed by atoms with Crippen LogP contribution >= 0.6 is 0 Å². The van der Waals surface area contributed by atoms with Crippen LogP contribution in [0.3, 0.4) is 0 Å². The molecule has 0 aliphatic carbocycles. The van der Waals surface area contributed by atoms with Gasteiger partial charge in [-0.1, -0.05) is 13.8 Å². The lowest BCUT2D eigenvalue weighted by Gasteiger charge is -2.24. The van der Waals surface area contributed by atoms with Gasteiger partial charge in [0.15, 0.2) is 17.5 Å². The lowest BCUT2D eigenvalue weighted by molar-refractivity contribution is 0.0914. The Labute approximate surface area is 109 Å². The van der Waals surface area contributed by atoms with Gasteiger partial charge in [0.05, 0.1) is 6.07 Å². The van der Waals surface area contributed by atoms with Crippen molar-refractivity contribution >= 4 is 5.91 Å². The number of benzene rings is 1. The molecule has 0 aromatic heterocycles. The van der Waals surface area contributed by atoms with Crippen molar-refractivity contribution in [2.45, 2.75) is 32.2 Å². The molecule has 1 rings (SSSR count). The Bertz CT molecular complexity index is 510. The number of hydrogen-bond donors (Lipinski definition) is 1. The van der Waals surface area contributed by atoms with Crippen LogP contribution in [-0.4, -0.2) is 11.4 Å². The van der Waals surface area contributed by atoms with Gasteiger partial charge in [-0.25, -0.2) is 13.2 Å². The van der Waals surface area contributed by atoms with E-state index in [1.54, 1.807) is 13.8 Å². The van der Waals surface area contributed by atoms with E-state index in [0.717, 1.165) is 0 Å². The van der Waals surface area contributed by atoms with Crippen molar-refractivity contribution in [1.29, 1.82) is 5.26 Å². The minimum Gasteiger partial charge on any atom is -0.334 e. The van der Waals surface area contributed by atoms with Crippen LogP contribution in [0.15, 0.2) is 12.1 Å². The molecule has 0 aliphatic heterocycles. The molecule has 1 amide bonds. The Morgan fingerprint density at radius 1 is 1.26 bits per heavy atom. The molecule has 0 heterocycles. The third kappa shape index (κ3) is 3.05. The average Bonchev–Trinajstić information content (AvgIpc) is 2.41. The van der Waals surface area contributed by atoms with Crippen molar-refractivity contribution in [3.8, 4) is 6.07 Å². The maximum Gasteiger partial charge on any atom is 0.252 e. The highest BCUT2D eigenvalue weighted by molar-refractivity contribution is 5.95. The van der Waals surface area contributed by atoms with Crippen molar-refractivity contribution < 1.29 is 18.0 Å². The molecular formula is C13H13F3N2O. The van der Waals surface area contributed by atoms with Crippen LogP contribution in [0.1, 0.15) is 37.0 Å². The summed E-state index contributed by atoms with van der Waals surface area (Å²) in [6, 6.07) is 3.16. The summed E-state index contributed by atoms with van der Waals surface area (Å²) >= 11 is 0. The first-order chi connectivity index (χ1) is 8.89. The highest BCUT2D eigenvalue weighted by Gasteiger charge is 2.28. The molecule has 0 radical (unpaired) electrons. The molecule has 0 bridgehead atoms. The number of carbonyl (C=O) groups is 1. The molecule has 0 saturated heterocycles. The number of amides is 1. The third-order valence-electron chi connectivity index (χ3n) is 3.02. The zero-order valence-corrected chi connectivity index (χ0v) is 10.6.